The van der Waals surface area contributed by atoms with Crippen LogP contribution in [0.1, 0.15) is 39.5 Å². The molecule has 1 heterocycles. The summed E-state index contributed by atoms with van der Waals surface area (Å²) in [6.45, 7) is 5.89. The summed E-state index contributed by atoms with van der Waals surface area (Å²) in [5.74, 6) is 0.675. The van der Waals surface area contributed by atoms with Crippen LogP contribution in [0.15, 0.2) is 0 Å². The Morgan fingerprint density at radius 1 is 1.15 bits per heavy atom. The van der Waals surface area contributed by atoms with E-state index in [-0.39, 0.29) is 0 Å². The number of nitrogens with two attached hydrogens (primary N) is 1. The van der Waals surface area contributed by atoms with Crippen molar-refractivity contribution in [1.29, 1.82) is 0 Å². The van der Waals surface area contributed by atoms with E-state index in [9.17, 15) is 0 Å². The normalized spacial score (nSPS) is 43.2. The Balaban J connectivity index is 1.96. The number of nitrogens with zero attached hydrogens (tertiary/aromatic N) is 1. The van der Waals surface area contributed by atoms with Crippen molar-refractivity contribution >= 4 is 0 Å². The Kier molecular flexibility index (Phi) is 2.61. The van der Waals surface area contributed by atoms with Crippen molar-refractivity contribution in [3.05, 3.63) is 0 Å². The van der Waals surface area contributed by atoms with Crippen LogP contribution in [0.5, 0.6) is 0 Å². The van der Waals surface area contributed by atoms with E-state index in [0.29, 0.717) is 18.0 Å². The lowest BCUT2D eigenvalue weighted by molar-refractivity contribution is 0.0234. The van der Waals surface area contributed by atoms with E-state index >= 15 is 0 Å². The summed E-state index contributed by atoms with van der Waals surface area (Å²) in [5, 5.41) is 0. The van der Waals surface area contributed by atoms with Crippen molar-refractivity contribution in [1.82, 2.24) is 4.90 Å². The van der Waals surface area contributed by atoms with E-state index in [1.807, 2.05) is 0 Å². The highest BCUT2D eigenvalue weighted by molar-refractivity contribution is 4.92. The van der Waals surface area contributed by atoms with E-state index in [1.165, 1.54) is 32.2 Å². The minimum Gasteiger partial charge on any atom is -0.327 e. The highest BCUT2D eigenvalue weighted by atomic mass is 15.2. The number of hydrogen-bond donors (Lipinski definition) is 1. The zero-order valence-corrected chi connectivity index (χ0v) is 8.87. The van der Waals surface area contributed by atoms with Crippen LogP contribution in [-0.2, 0) is 0 Å². The van der Waals surface area contributed by atoms with Gasteiger partial charge in [-0.05, 0) is 32.1 Å². The molecular formula is C11H22N2. The molecule has 2 heteroatoms. The number of piperidine rings is 1. The highest BCUT2D eigenvalue weighted by Gasteiger charge is 2.36. The Bertz CT molecular complexity index is 177. The van der Waals surface area contributed by atoms with Crippen molar-refractivity contribution in [3.63, 3.8) is 0 Å². The molecule has 76 valence electrons. The molecule has 2 nitrogen and oxygen atoms in total. The summed E-state index contributed by atoms with van der Waals surface area (Å²) < 4.78 is 0. The maximum atomic E-state index is 6.06. The standard InChI is InChI=1S/C11H22N2/c1-8-9(2)13(7-6-11(8)12)10-4-3-5-10/h8-11H,3-7,12H2,1-2H3. The van der Waals surface area contributed by atoms with Crippen molar-refractivity contribution in [3.8, 4) is 0 Å². The van der Waals surface area contributed by atoms with E-state index in [1.54, 1.807) is 0 Å². The first kappa shape index (κ1) is 9.47. The zero-order chi connectivity index (χ0) is 9.42. The van der Waals surface area contributed by atoms with Gasteiger partial charge in [0.25, 0.3) is 0 Å². The molecule has 2 fully saturated rings. The fourth-order valence-corrected chi connectivity index (χ4v) is 2.66. The fraction of sp³-hybridized carbons (Fsp3) is 1.00. The molecule has 0 spiro atoms. The van der Waals surface area contributed by atoms with Crippen LogP contribution in [0, 0.1) is 5.92 Å². The first-order chi connectivity index (χ1) is 6.20. The third-order valence-corrected chi connectivity index (χ3v) is 4.22. The average molecular weight is 182 g/mol. The Morgan fingerprint density at radius 3 is 2.38 bits per heavy atom. The second-order valence-corrected chi connectivity index (χ2v) is 4.87. The minimum absolute atomic E-state index is 0.436. The summed E-state index contributed by atoms with van der Waals surface area (Å²) in [6, 6.07) is 2.03. The van der Waals surface area contributed by atoms with Gasteiger partial charge in [0.05, 0.1) is 0 Å². The van der Waals surface area contributed by atoms with Gasteiger partial charge >= 0.3 is 0 Å². The lowest BCUT2D eigenvalue weighted by Gasteiger charge is -2.48. The molecule has 1 saturated carbocycles. The first-order valence-corrected chi connectivity index (χ1v) is 5.71. The second kappa shape index (κ2) is 3.58. The molecule has 3 atom stereocenters. The SMILES string of the molecule is CC1C(N)CCN(C2CCC2)C1C. The zero-order valence-electron chi connectivity index (χ0n) is 8.87. The van der Waals surface area contributed by atoms with Crippen molar-refractivity contribution in [2.45, 2.75) is 57.7 Å². The van der Waals surface area contributed by atoms with Gasteiger partial charge in [0, 0.05) is 24.7 Å². The monoisotopic (exact) mass is 182 g/mol. The summed E-state index contributed by atoms with van der Waals surface area (Å²) in [7, 11) is 0. The number of likely N-dealkylation sites (tertiary alicyclic amines) is 1. The minimum atomic E-state index is 0.436. The van der Waals surface area contributed by atoms with E-state index < -0.39 is 0 Å². The molecule has 1 aliphatic carbocycles. The van der Waals surface area contributed by atoms with Crippen LogP contribution in [0.25, 0.3) is 0 Å². The topological polar surface area (TPSA) is 29.3 Å². The maximum absolute atomic E-state index is 6.06. The number of rotatable bonds is 1. The molecule has 2 rings (SSSR count). The average Bonchev–Trinajstić information content (AvgIpc) is 2.03. The van der Waals surface area contributed by atoms with Crippen LogP contribution >= 0.6 is 0 Å². The molecule has 2 N–H and O–H groups in total. The summed E-state index contributed by atoms with van der Waals surface area (Å²) in [6.07, 6.45) is 5.48. The molecule has 2 aliphatic rings. The maximum Gasteiger partial charge on any atom is 0.0110 e. The van der Waals surface area contributed by atoms with Gasteiger partial charge in [0.2, 0.25) is 0 Å². The number of hydrogen-bond acceptors (Lipinski definition) is 2. The van der Waals surface area contributed by atoms with Crippen LogP contribution in [0.4, 0.5) is 0 Å². The van der Waals surface area contributed by atoms with Crippen molar-refractivity contribution in [2.75, 3.05) is 6.54 Å². The molecule has 13 heavy (non-hydrogen) atoms. The Hall–Kier alpha value is -0.0800. The lowest BCUT2D eigenvalue weighted by atomic mass is 9.82. The lowest BCUT2D eigenvalue weighted by Crippen LogP contribution is -2.56. The summed E-state index contributed by atoms with van der Waals surface area (Å²) >= 11 is 0. The van der Waals surface area contributed by atoms with E-state index in [4.69, 9.17) is 5.73 Å². The molecule has 0 amide bonds. The van der Waals surface area contributed by atoms with Gasteiger partial charge in [-0.2, -0.15) is 0 Å². The van der Waals surface area contributed by atoms with Crippen LogP contribution in [-0.4, -0.2) is 29.6 Å². The summed E-state index contributed by atoms with van der Waals surface area (Å²) in [5.41, 5.74) is 6.06. The van der Waals surface area contributed by atoms with Crippen LogP contribution in [0.3, 0.4) is 0 Å². The molecule has 0 radical (unpaired) electrons. The Morgan fingerprint density at radius 2 is 1.85 bits per heavy atom. The quantitative estimate of drug-likeness (QED) is 0.667. The van der Waals surface area contributed by atoms with Crippen molar-refractivity contribution < 1.29 is 0 Å². The third-order valence-electron chi connectivity index (χ3n) is 4.22. The van der Waals surface area contributed by atoms with Gasteiger partial charge in [0.1, 0.15) is 0 Å². The van der Waals surface area contributed by atoms with Gasteiger partial charge in [-0.15, -0.1) is 0 Å². The predicted octanol–water partition coefficient (Wildman–Crippen LogP) is 1.60. The van der Waals surface area contributed by atoms with Gasteiger partial charge in [0.15, 0.2) is 0 Å². The predicted molar refractivity (Wildman–Crippen MR) is 55.6 cm³/mol. The first-order valence-electron chi connectivity index (χ1n) is 5.71. The third kappa shape index (κ3) is 1.62. The largest absolute Gasteiger partial charge is 0.327 e. The smallest absolute Gasteiger partial charge is 0.0110 e. The highest BCUT2D eigenvalue weighted by Crippen LogP contribution is 2.32. The molecule has 1 saturated heterocycles. The van der Waals surface area contributed by atoms with Gasteiger partial charge < -0.3 is 5.73 Å². The Labute approximate surface area is 81.5 Å². The van der Waals surface area contributed by atoms with E-state index in [0.717, 1.165) is 6.04 Å². The molecule has 0 aromatic heterocycles. The van der Waals surface area contributed by atoms with E-state index in [2.05, 4.69) is 18.7 Å². The van der Waals surface area contributed by atoms with Crippen LogP contribution < -0.4 is 5.73 Å². The van der Waals surface area contributed by atoms with Crippen LogP contribution in [0.2, 0.25) is 0 Å². The van der Waals surface area contributed by atoms with Gasteiger partial charge in [-0.1, -0.05) is 13.3 Å². The fourth-order valence-electron chi connectivity index (χ4n) is 2.66. The molecule has 3 unspecified atom stereocenters. The summed E-state index contributed by atoms with van der Waals surface area (Å²) in [4.78, 5) is 2.69. The molecule has 0 aromatic rings. The molecular weight excluding hydrogens is 160 g/mol. The molecule has 0 bridgehead atoms. The van der Waals surface area contributed by atoms with Gasteiger partial charge in [-0.3, -0.25) is 4.90 Å². The van der Waals surface area contributed by atoms with Gasteiger partial charge in [-0.25, -0.2) is 0 Å². The van der Waals surface area contributed by atoms with Crippen molar-refractivity contribution in [2.24, 2.45) is 11.7 Å². The molecule has 1 aliphatic heterocycles. The molecule has 0 aromatic carbocycles. The second-order valence-electron chi connectivity index (χ2n) is 4.87.